The number of halogens is 2. The van der Waals surface area contributed by atoms with E-state index < -0.39 is 17.7 Å². The highest BCUT2D eigenvalue weighted by Crippen LogP contribution is 2.43. The first-order valence-electron chi connectivity index (χ1n) is 8.86. The van der Waals surface area contributed by atoms with Crippen molar-refractivity contribution in [3.8, 4) is 0 Å². The van der Waals surface area contributed by atoms with Gasteiger partial charge in [-0.05, 0) is 56.6 Å². The summed E-state index contributed by atoms with van der Waals surface area (Å²) in [4.78, 5) is 14.4. The van der Waals surface area contributed by atoms with Crippen LogP contribution < -0.4 is 5.73 Å². The molecule has 0 aliphatic heterocycles. The number of fused-ring (bicyclic) bond motifs is 2. The molecule has 24 heavy (non-hydrogen) atoms. The first kappa shape index (κ1) is 17.3. The number of benzene rings is 1. The van der Waals surface area contributed by atoms with Gasteiger partial charge >= 0.3 is 0 Å². The molecule has 2 N–H and O–H groups in total. The van der Waals surface area contributed by atoms with Gasteiger partial charge in [-0.3, -0.25) is 4.79 Å². The van der Waals surface area contributed by atoms with Crippen LogP contribution in [0.3, 0.4) is 0 Å². The maximum atomic E-state index is 14.0. The molecule has 1 aromatic carbocycles. The van der Waals surface area contributed by atoms with Crippen LogP contribution in [0.4, 0.5) is 8.78 Å². The molecule has 3 atom stereocenters. The quantitative estimate of drug-likeness (QED) is 0.916. The SMILES string of the molecule is CC(c1c(F)cccc1F)N(C)C(=O)C1CC2CCCC(C1)C2N. The molecule has 0 aromatic heterocycles. The lowest BCUT2D eigenvalue weighted by Crippen LogP contribution is -2.49. The summed E-state index contributed by atoms with van der Waals surface area (Å²) < 4.78 is 28.0. The van der Waals surface area contributed by atoms with E-state index in [4.69, 9.17) is 5.73 Å². The standard InChI is InChI=1S/C19H26F2N2O/c1-11(17-15(20)7-4-8-16(17)21)23(2)19(24)14-9-12-5-3-6-13(10-14)18(12)22/h4,7-8,11-14,18H,3,5-6,9-10,22H2,1-2H3. The Bertz CT molecular complexity index is 587. The smallest absolute Gasteiger partial charge is 0.225 e. The van der Waals surface area contributed by atoms with Gasteiger partial charge in [0.25, 0.3) is 0 Å². The van der Waals surface area contributed by atoms with Crippen LogP contribution in [0.25, 0.3) is 0 Å². The molecule has 5 heteroatoms. The maximum Gasteiger partial charge on any atom is 0.225 e. The molecule has 3 unspecified atom stereocenters. The fourth-order valence-electron chi connectivity index (χ4n) is 4.57. The van der Waals surface area contributed by atoms with Crippen molar-refractivity contribution in [2.24, 2.45) is 23.5 Å². The fraction of sp³-hybridized carbons (Fsp3) is 0.632. The molecule has 2 fully saturated rings. The molecule has 132 valence electrons. The van der Waals surface area contributed by atoms with Crippen molar-refractivity contribution in [2.45, 2.75) is 51.1 Å². The van der Waals surface area contributed by atoms with Crippen molar-refractivity contribution >= 4 is 5.91 Å². The van der Waals surface area contributed by atoms with E-state index in [1.807, 2.05) is 0 Å². The van der Waals surface area contributed by atoms with Crippen LogP contribution in [0.1, 0.15) is 50.6 Å². The lowest BCUT2D eigenvalue weighted by atomic mass is 9.65. The van der Waals surface area contributed by atoms with Gasteiger partial charge in [0, 0.05) is 24.6 Å². The molecule has 3 rings (SSSR count). The van der Waals surface area contributed by atoms with E-state index >= 15 is 0 Å². The first-order chi connectivity index (χ1) is 11.4. The molecule has 3 nitrogen and oxygen atoms in total. The van der Waals surface area contributed by atoms with Crippen molar-refractivity contribution in [1.82, 2.24) is 4.90 Å². The summed E-state index contributed by atoms with van der Waals surface area (Å²) in [5, 5.41) is 0. The third-order valence-electron chi connectivity index (χ3n) is 6.11. The van der Waals surface area contributed by atoms with Gasteiger partial charge in [0.1, 0.15) is 11.6 Å². The van der Waals surface area contributed by atoms with Gasteiger partial charge in [0.05, 0.1) is 6.04 Å². The zero-order valence-corrected chi connectivity index (χ0v) is 14.3. The molecule has 0 heterocycles. The number of amides is 1. The topological polar surface area (TPSA) is 46.3 Å². The Morgan fingerprint density at radius 2 is 1.75 bits per heavy atom. The second-order valence-electron chi connectivity index (χ2n) is 7.46. The highest BCUT2D eigenvalue weighted by atomic mass is 19.1. The Kier molecular flexibility index (Phi) is 4.90. The average molecular weight is 336 g/mol. The molecule has 1 amide bonds. The number of nitrogens with zero attached hydrogens (tertiary/aromatic N) is 1. The minimum atomic E-state index is -0.630. The van der Waals surface area contributed by atoms with Crippen molar-refractivity contribution < 1.29 is 13.6 Å². The van der Waals surface area contributed by atoms with Crippen LogP contribution in [0.5, 0.6) is 0 Å². The van der Waals surface area contributed by atoms with Crippen LogP contribution >= 0.6 is 0 Å². The van der Waals surface area contributed by atoms with E-state index in [-0.39, 0.29) is 23.4 Å². The molecule has 0 spiro atoms. The highest BCUT2D eigenvalue weighted by molar-refractivity contribution is 5.79. The van der Waals surface area contributed by atoms with E-state index in [1.165, 1.54) is 29.5 Å². The normalized spacial score (nSPS) is 30.7. The zero-order valence-electron chi connectivity index (χ0n) is 14.3. The number of hydrogen-bond donors (Lipinski definition) is 1. The second-order valence-corrected chi connectivity index (χ2v) is 7.46. The highest BCUT2D eigenvalue weighted by Gasteiger charge is 2.42. The zero-order chi connectivity index (χ0) is 17.4. The fourth-order valence-corrected chi connectivity index (χ4v) is 4.57. The molecule has 2 aliphatic carbocycles. The molecular weight excluding hydrogens is 310 g/mol. The monoisotopic (exact) mass is 336 g/mol. The van der Waals surface area contributed by atoms with Crippen LogP contribution in [0.2, 0.25) is 0 Å². The third kappa shape index (κ3) is 3.06. The third-order valence-corrected chi connectivity index (χ3v) is 6.11. The molecule has 0 saturated heterocycles. The predicted molar refractivity (Wildman–Crippen MR) is 89.1 cm³/mol. The molecule has 2 saturated carbocycles. The molecular formula is C19H26F2N2O. The van der Waals surface area contributed by atoms with Gasteiger partial charge in [0.2, 0.25) is 5.91 Å². The van der Waals surface area contributed by atoms with Crippen molar-refractivity contribution in [3.63, 3.8) is 0 Å². The second kappa shape index (κ2) is 6.79. The van der Waals surface area contributed by atoms with E-state index in [9.17, 15) is 13.6 Å². The molecule has 2 aliphatic rings. The summed E-state index contributed by atoms with van der Waals surface area (Å²) in [7, 11) is 1.64. The predicted octanol–water partition coefficient (Wildman–Crippen LogP) is 3.64. The Morgan fingerprint density at radius 1 is 1.21 bits per heavy atom. The van der Waals surface area contributed by atoms with Gasteiger partial charge in [-0.15, -0.1) is 0 Å². The summed E-state index contributed by atoms with van der Waals surface area (Å²) in [5.41, 5.74) is 6.25. The van der Waals surface area contributed by atoms with Crippen LogP contribution in [-0.2, 0) is 4.79 Å². The van der Waals surface area contributed by atoms with E-state index in [2.05, 4.69) is 0 Å². The molecule has 1 aromatic rings. The number of nitrogens with two attached hydrogens (primary N) is 1. The number of carbonyl (C=O) groups is 1. The molecule has 0 radical (unpaired) electrons. The Balaban J connectivity index is 1.75. The number of carbonyl (C=O) groups excluding carboxylic acids is 1. The Morgan fingerprint density at radius 3 is 2.29 bits per heavy atom. The average Bonchev–Trinajstić information content (AvgIpc) is 2.53. The minimum absolute atomic E-state index is 0.0195. The number of hydrogen-bond acceptors (Lipinski definition) is 2. The Labute approximate surface area is 142 Å². The van der Waals surface area contributed by atoms with Gasteiger partial charge in [-0.2, -0.15) is 0 Å². The van der Waals surface area contributed by atoms with E-state index in [0.717, 1.165) is 25.7 Å². The van der Waals surface area contributed by atoms with Crippen molar-refractivity contribution in [2.75, 3.05) is 7.05 Å². The summed E-state index contributed by atoms with van der Waals surface area (Å²) in [6, 6.07) is 3.38. The Hall–Kier alpha value is -1.49. The summed E-state index contributed by atoms with van der Waals surface area (Å²) in [5.74, 6) is -0.508. The van der Waals surface area contributed by atoms with Crippen molar-refractivity contribution in [1.29, 1.82) is 0 Å². The van der Waals surface area contributed by atoms with Crippen LogP contribution in [0, 0.1) is 29.4 Å². The van der Waals surface area contributed by atoms with Crippen LogP contribution in [-0.4, -0.2) is 23.9 Å². The van der Waals surface area contributed by atoms with Gasteiger partial charge in [-0.1, -0.05) is 12.5 Å². The lowest BCUT2D eigenvalue weighted by molar-refractivity contribution is -0.139. The summed E-state index contributed by atoms with van der Waals surface area (Å²) in [6.07, 6.45) is 4.96. The summed E-state index contributed by atoms with van der Waals surface area (Å²) in [6.45, 7) is 1.68. The largest absolute Gasteiger partial charge is 0.339 e. The van der Waals surface area contributed by atoms with E-state index in [1.54, 1.807) is 14.0 Å². The minimum Gasteiger partial charge on any atom is -0.339 e. The van der Waals surface area contributed by atoms with Crippen LogP contribution in [0.15, 0.2) is 18.2 Å². The van der Waals surface area contributed by atoms with Gasteiger partial charge in [0.15, 0.2) is 0 Å². The maximum absolute atomic E-state index is 14.0. The van der Waals surface area contributed by atoms with E-state index in [0.29, 0.717) is 11.8 Å². The van der Waals surface area contributed by atoms with Crippen molar-refractivity contribution in [3.05, 3.63) is 35.4 Å². The van der Waals surface area contributed by atoms with Gasteiger partial charge in [-0.25, -0.2) is 8.78 Å². The van der Waals surface area contributed by atoms with Gasteiger partial charge < -0.3 is 10.6 Å². The first-order valence-corrected chi connectivity index (χ1v) is 8.86. The molecule has 2 bridgehead atoms. The lowest BCUT2D eigenvalue weighted by Gasteiger charge is -2.44. The summed E-state index contributed by atoms with van der Waals surface area (Å²) >= 11 is 0. The number of rotatable bonds is 3.